The molecule has 0 aliphatic heterocycles. The molecule has 0 unspecified atom stereocenters. The lowest BCUT2D eigenvalue weighted by Gasteiger charge is -2.18. The molecule has 3 rings (SSSR count). The third-order valence-corrected chi connectivity index (χ3v) is 5.77. The van der Waals surface area contributed by atoms with Crippen LogP contribution in [0.1, 0.15) is 78.7 Å². The average Bonchev–Trinajstić information content (AvgIpc) is 3.18. The second-order valence-corrected chi connectivity index (χ2v) is 8.96. The van der Waals surface area contributed by atoms with Gasteiger partial charge in [0.25, 0.3) is 5.91 Å². The van der Waals surface area contributed by atoms with Gasteiger partial charge in [-0.2, -0.15) is 13.2 Å². The van der Waals surface area contributed by atoms with Gasteiger partial charge in [-0.15, -0.1) is 0 Å². The number of anilines is 1. The van der Waals surface area contributed by atoms with E-state index in [1.165, 1.54) is 17.7 Å². The highest BCUT2D eigenvalue weighted by Gasteiger charge is 2.34. The molecule has 1 heterocycles. The molecule has 0 fully saturated rings. The van der Waals surface area contributed by atoms with Gasteiger partial charge in [-0.05, 0) is 54.0 Å². The summed E-state index contributed by atoms with van der Waals surface area (Å²) in [5.41, 5.74) is 2.18. The first-order valence-electron chi connectivity index (χ1n) is 11.3. The Morgan fingerprint density at radius 1 is 0.970 bits per heavy atom. The summed E-state index contributed by atoms with van der Waals surface area (Å²) in [4.78, 5) is 13.1. The lowest BCUT2D eigenvalue weighted by Crippen LogP contribution is -2.19. The summed E-state index contributed by atoms with van der Waals surface area (Å²) in [5.74, 6) is -0.437. The predicted molar refractivity (Wildman–Crippen MR) is 127 cm³/mol. The minimum absolute atomic E-state index is 0.0415. The number of nitrogens with one attached hydrogen (secondary N) is 1. The maximum atomic E-state index is 13.6. The summed E-state index contributed by atoms with van der Waals surface area (Å²) >= 11 is 0. The average molecular weight is 457 g/mol. The van der Waals surface area contributed by atoms with E-state index >= 15 is 0 Å². The van der Waals surface area contributed by atoms with Crippen LogP contribution in [0, 0.1) is 0 Å². The summed E-state index contributed by atoms with van der Waals surface area (Å²) < 4.78 is 42.7. The number of amides is 1. The van der Waals surface area contributed by atoms with E-state index in [2.05, 4.69) is 17.4 Å². The Morgan fingerprint density at radius 3 is 2.27 bits per heavy atom. The van der Waals surface area contributed by atoms with E-state index in [9.17, 15) is 18.0 Å². The number of carbonyl (C=O) groups excluding carboxylic acids is 1. The first-order chi connectivity index (χ1) is 15.6. The van der Waals surface area contributed by atoms with Crippen molar-refractivity contribution in [3.63, 3.8) is 0 Å². The Hall–Kier alpha value is -3.02. The van der Waals surface area contributed by atoms with E-state index in [4.69, 9.17) is 0 Å². The van der Waals surface area contributed by atoms with Gasteiger partial charge in [-0.25, -0.2) is 0 Å². The Labute approximate surface area is 193 Å². The molecule has 0 saturated heterocycles. The smallest absolute Gasteiger partial charge is 0.350 e. The zero-order valence-corrected chi connectivity index (χ0v) is 19.5. The molecule has 0 saturated carbocycles. The molecule has 176 valence electrons. The summed E-state index contributed by atoms with van der Waals surface area (Å²) in [6, 6.07) is 15.8. The van der Waals surface area contributed by atoms with E-state index in [1.54, 1.807) is 6.07 Å². The fraction of sp³-hybridized carbons (Fsp3) is 0.370. The number of nitrogens with zero attached hydrogens (tertiary/aromatic N) is 1. The largest absolute Gasteiger partial charge is 0.418 e. The minimum atomic E-state index is -4.55. The molecule has 2 aromatic carbocycles. The van der Waals surface area contributed by atoms with Crippen molar-refractivity contribution in [1.29, 1.82) is 0 Å². The third kappa shape index (κ3) is 6.06. The monoisotopic (exact) mass is 456 g/mol. The fourth-order valence-electron chi connectivity index (χ4n) is 4.07. The van der Waals surface area contributed by atoms with Crippen LogP contribution in [0.25, 0.3) is 0 Å². The van der Waals surface area contributed by atoms with Crippen LogP contribution in [0.3, 0.4) is 0 Å². The molecular formula is C27H31F3N2O. The molecule has 1 aromatic heterocycles. The Balaban J connectivity index is 1.83. The number of benzene rings is 2. The highest BCUT2D eigenvalue weighted by atomic mass is 19.4. The molecule has 0 atom stereocenters. The van der Waals surface area contributed by atoms with Crippen LogP contribution in [0.4, 0.5) is 18.9 Å². The van der Waals surface area contributed by atoms with E-state index in [0.717, 1.165) is 36.7 Å². The first-order valence-corrected chi connectivity index (χ1v) is 11.3. The van der Waals surface area contributed by atoms with Gasteiger partial charge in [-0.1, -0.05) is 64.1 Å². The van der Waals surface area contributed by atoms with Crippen molar-refractivity contribution in [2.24, 2.45) is 0 Å². The molecule has 6 heteroatoms. The minimum Gasteiger partial charge on any atom is -0.350 e. The Morgan fingerprint density at radius 2 is 1.67 bits per heavy atom. The first kappa shape index (κ1) is 24.6. The molecule has 0 spiro atoms. The maximum absolute atomic E-state index is 13.6. The molecule has 33 heavy (non-hydrogen) atoms. The van der Waals surface area contributed by atoms with Crippen molar-refractivity contribution >= 4 is 11.6 Å². The Kier molecular flexibility index (Phi) is 7.67. The van der Waals surface area contributed by atoms with Crippen LogP contribution >= 0.6 is 0 Å². The predicted octanol–water partition coefficient (Wildman–Crippen LogP) is 7.64. The molecule has 0 aliphatic carbocycles. The van der Waals surface area contributed by atoms with E-state index in [1.807, 2.05) is 56.7 Å². The van der Waals surface area contributed by atoms with Crippen LogP contribution in [-0.2, 0) is 19.1 Å². The zero-order valence-electron chi connectivity index (χ0n) is 19.5. The van der Waals surface area contributed by atoms with Gasteiger partial charge >= 0.3 is 6.18 Å². The van der Waals surface area contributed by atoms with Gasteiger partial charge in [-0.3, -0.25) is 4.79 Å². The number of aromatic nitrogens is 1. The number of rotatable bonds is 8. The highest BCUT2D eigenvalue weighted by Crippen LogP contribution is 2.37. The fourth-order valence-corrected chi connectivity index (χ4v) is 4.07. The summed E-state index contributed by atoms with van der Waals surface area (Å²) in [6.07, 6.45) is -0.893. The van der Waals surface area contributed by atoms with Crippen LogP contribution in [0.2, 0.25) is 0 Å². The lowest BCUT2D eigenvalue weighted by atomic mass is 9.99. The molecule has 0 radical (unpaired) electrons. The molecule has 1 N–H and O–H groups in total. The quantitative estimate of drug-likeness (QED) is 0.371. The summed E-state index contributed by atoms with van der Waals surface area (Å²) in [6.45, 7) is 8.51. The lowest BCUT2D eigenvalue weighted by molar-refractivity contribution is -0.136. The van der Waals surface area contributed by atoms with E-state index in [-0.39, 0.29) is 17.5 Å². The van der Waals surface area contributed by atoms with Crippen molar-refractivity contribution in [2.45, 2.75) is 65.1 Å². The molecule has 3 aromatic rings. The molecule has 3 nitrogen and oxygen atoms in total. The topological polar surface area (TPSA) is 34.0 Å². The van der Waals surface area contributed by atoms with E-state index in [0.29, 0.717) is 5.56 Å². The van der Waals surface area contributed by atoms with E-state index < -0.39 is 17.6 Å². The van der Waals surface area contributed by atoms with Gasteiger partial charge in [0.2, 0.25) is 0 Å². The van der Waals surface area contributed by atoms with Gasteiger partial charge in [0.15, 0.2) is 0 Å². The molecule has 0 aliphatic rings. The van der Waals surface area contributed by atoms with Gasteiger partial charge in [0.05, 0.1) is 16.8 Å². The Bertz CT molecular complexity index is 1080. The zero-order chi connectivity index (χ0) is 24.2. The van der Waals surface area contributed by atoms with Crippen molar-refractivity contribution < 1.29 is 18.0 Å². The number of aryl methyl sites for hydroxylation is 2. The number of hydrogen-bond acceptors (Lipinski definition) is 1. The van der Waals surface area contributed by atoms with Crippen molar-refractivity contribution in [3.8, 4) is 0 Å². The molecule has 1 amide bonds. The second kappa shape index (κ2) is 10.3. The van der Waals surface area contributed by atoms with Crippen LogP contribution in [0.15, 0.2) is 60.8 Å². The van der Waals surface area contributed by atoms with Crippen molar-refractivity contribution in [1.82, 2.24) is 4.57 Å². The third-order valence-electron chi connectivity index (χ3n) is 5.77. The van der Waals surface area contributed by atoms with Crippen LogP contribution in [-0.4, -0.2) is 10.5 Å². The maximum Gasteiger partial charge on any atom is 0.418 e. The van der Waals surface area contributed by atoms with Gasteiger partial charge in [0, 0.05) is 18.4 Å². The second-order valence-electron chi connectivity index (χ2n) is 8.96. The van der Waals surface area contributed by atoms with Gasteiger partial charge in [0.1, 0.15) is 0 Å². The van der Waals surface area contributed by atoms with Crippen LogP contribution in [0.5, 0.6) is 0 Å². The number of halogens is 3. The number of hydrogen-bond donors (Lipinski definition) is 1. The summed E-state index contributed by atoms with van der Waals surface area (Å²) in [5, 5.41) is 2.55. The molecule has 0 bridgehead atoms. The van der Waals surface area contributed by atoms with Crippen molar-refractivity contribution in [3.05, 3.63) is 88.7 Å². The summed E-state index contributed by atoms with van der Waals surface area (Å²) in [7, 11) is 0. The normalized spacial score (nSPS) is 11.9. The van der Waals surface area contributed by atoms with Gasteiger partial charge < -0.3 is 9.88 Å². The molecular weight excluding hydrogens is 425 g/mol. The number of carbonyl (C=O) groups is 1. The highest BCUT2D eigenvalue weighted by molar-refractivity contribution is 6.05. The van der Waals surface area contributed by atoms with Crippen molar-refractivity contribution in [2.75, 3.05) is 5.32 Å². The standard InChI is InChI=1S/C27H31F3N2O/c1-18(2)21-12-13-23(27(28,29)30)24(17-21)31-26(33)22-14-16-32(25(22)19(3)4)15-8-11-20-9-6-5-7-10-20/h5-7,9-10,12-14,16-19H,8,11,15H2,1-4H3,(H,31,33). The van der Waals surface area contributed by atoms with Crippen LogP contribution < -0.4 is 5.32 Å². The SMILES string of the molecule is CC(C)c1ccc(C(F)(F)F)c(NC(=O)c2ccn(CCCc3ccccc3)c2C(C)C)c1. The number of alkyl halides is 3.